The van der Waals surface area contributed by atoms with Gasteiger partial charge in [-0.3, -0.25) is 14.5 Å². The molecule has 1 atom stereocenters. The third-order valence-corrected chi connectivity index (χ3v) is 3.23. The zero-order chi connectivity index (χ0) is 17.1. The first kappa shape index (κ1) is 18.3. The number of ether oxygens (including phenoxy) is 1. The lowest BCUT2D eigenvalue weighted by molar-refractivity contribution is -0.148. The highest BCUT2D eigenvalue weighted by molar-refractivity contribution is 5.86. The monoisotopic (exact) mass is 314 g/mol. The maximum absolute atomic E-state index is 12.3. The molecule has 0 aromatic carbocycles. The molecule has 22 heavy (non-hydrogen) atoms. The van der Waals surface area contributed by atoms with Gasteiger partial charge in [-0.2, -0.15) is 0 Å². The average Bonchev–Trinajstić information content (AvgIpc) is 2.29. The Labute approximate surface area is 131 Å². The van der Waals surface area contributed by atoms with E-state index in [0.29, 0.717) is 12.3 Å². The zero-order valence-electron chi connectivity index (χ0n) is 14.0. The number of hydrogen-bond donors (Lipinski definition) is 1. The molecule has 1 N–H and O–H groups in total. The lowest BCUT2D eigenvalue weighted by atomic mass is 10.00. The Hall–Kier alpha value is -1.79. The molecule has 2 amide bonds. The van der Waals surface area contributed by atoms with Crippen LogP contribution in [0.3, 0.4) is 0 Å². The Morgan fingerprint density at radius 1 is 1.36 bits per heavy atom. The molecule has 0 unspecified atom stereocenters. The number of carbonyl (C=O) groups is 3. The van der Waals surface area contributed by atoms with Crippen LogP contribution in [0.1, 0.15) is 41.0 Å². The van der Waals surface area contributed by atoms with Crippen molar-refractivity contribution in [1.29, 1.82) is 0 Å². The van der Waals surface area contributed by atoms with Crippen molar-refractivity contribution in [2.24, 2.45) is 5.92 Å². The topological polar surface area (TPSA) is 87.2 Å². The van der Waals surface area contributed by atoms with Gasteiger partial charge in [0.2, 0.25) is 5.91 Å². The zero-order valence-corrected chi connectivity index (χ0v) is 14.0. The second-order valence-electron chi connectivity index (χ2n) is 7.06. The molecule has 0 bridgehead atoms. The number of rotatable bonds is 4. The largest absolute Gasteiger partial charge is 0.480 e. The Morgan fingerprint density at radius 3 is 2.41 bits per heavy atom. The van der Waals surface area contributed by atoms with Gasteiger partial charge >= 0.3 is 12.1 Å². The van der Waals surface area contributed by atoms with Crippen LogP contribution < -0.4 is 0 Å². The predicted molar refractivity (Wildman–Crippen MR) is 80.4 cm³/mol. The van der Waals surface area contributed by atoms with Gasteiger partial charge < -0.3 is 14.7 Å². The molecule has 126 valence electrons. The summed E-state index contributed by atoms with van der Waals surface area (Å²) in [5, 5.41) is 8.88. The quantitative estimate of drug-likeness (QED) is 0.851. The first-order valence-electron chi connectivity index (χ1n) is 7.48. The fourth-order valence-electron chi connectivity index (χ4n) is 2.43. The van der Waals surface area contributed by atoms with Gasteiger partial charge in [0.05, 0.1) is 6.04 Å². The predicted octanol–water partition coefficient (Wildman–Crippen LogP) is 1.57. The molecule has 7 heteroatoms. The second-order valence-corrected chi connectivity index (χ2v) is 7.06. The first-order valence-corrected chi connectivity index (χ1v) is 7.48. The third-order valence-electron chi connectivity index (χ3n) is 3.23. The molecule has 1 fully saturated rings. The third kappa shape index (κ3) is 5.54. The van der Waals surface area contributed by atoms with Crippen LogP contribution in [0.2, 0.25) is 0 Å². The van der Waals surface area contributed by atoms with Crippen molar-refractivity contribution < 1.29 is 24.2 Å². The number of amides is 2. The van der Waals surface area contributed by atoms with Crippen LogP contribution in [0.4, 0.5) is 4.79 Å². The second kappa shape index (κ2) is 6.98. The van der Waals surface area contributed by atoms with Crippen molar-refractivity contribution in [2.45, 2.75) is 52.7 Å². The van der Waals surface area contributed by atoms with Crippen LogP contribution in [0, 0.1) is 5.92 Å². The molecular weight excluding hydrogens is 288 g/mol. The van der Waals surface area contributed by atoms with Crippen molar-refractivity contribution >= 4 is 18.0 Å². The van der Waals surface area contributed by atoms with Gasteiger partial charge in [-0.05, 0) is 33.1 Å². The Morgan fingerprint density at radius 2 is 1.95 bits per heavy atom. The van der Waals surface area contributed by atoms with Crippen molar-refractivity contribution in [3.05, 3.63) is 0 Å². The summed E-state index contributed by atoms with van der Waals surface area (Å²) in [4.78, 5) is 37.9. The standard InChI is InChI=1S/C15H26N2O5/c1-10(2)6-11-7-16(9-13(19)20)12(18)8-17(11)14(21)22-15(3,4)5/h10-11H,6-9H2,1-5H3,(H,19,20)/t11-/m1/s1. The van der Waals surface area contributed by atoms with Crippen LogP contribution in [-0.2, 0) is 14.3 Å². The minimum absolute atomic E-state index is 0.139. The first-order chi connectivity index (χ1) is 9.99. The molecule has 1 rings (SSSR count). The van der Waals surface area contributed by atoms with Crippen LogP contribution >= 0.6 is 0 Å². The number of aliphatic carboxylic acids is 1. The fraction of sp³-hybridized carbons (Fsp3) is 0.800. The Balaban J connectivity index is 2.88. The van der Waals surface area contributed by atoms with Crippen molar-refractivity contribution in [3.8, 4) is 0 Å². The summed E-state index contributed by atoms with van der Waals surface area (Å²) in [6, 6.07) is -0.230. The molecule has 0 radical (unpaired) electrons. The molecule has 0 spiro atoms. The van der Waals surface area contributed by atoms with E-state index in [9.17, 15) is 14.4 Å². The van der Waals surface area contributed by atoms with E-state index in [1.165, 1.54) is 9.80 Å². The van der Waals surface area contributed by atoms with Gasteiger partial charge in [-0.25, -0.2) is 4.79 Å². The van der Waals surface area contributed by atoms with E-state index in [1.807, 2.05) is 13.8 Å². The number of carboxylic acids is 1. The minimum atomic E-state index is -1.05. The molecule has 0 aliphatic carbocycles. The van der Waals surface area contributed by atoms with E-state index in [2.05, 4.69) is 0 Å². The lowest BCUT2D eigenvalue weighted by Gasteiger charge is -2.41. The smallest absolute Gasteiger partial charge is 0.411 e. The number of carbonyl (C=O) groups excluding carboxylic acids is 2. The molecule has 0 saturated carbocycles. The van der Waals surface area contributed by atoms with Crippen LogP contribution in [0.5, 0.6) is 0 Å². The summed E-state index contributed by atoms with van der Waals surface area (Å²) in [7, 11) is 0. The van der Waals surface area contributed by atoms with Gasteiger partial charge in [-0.1, -0.05) is 13.8 Å². The van der Waals surface area contributed by atoms with E-state index in [1.54, 1.807) is 20.8 Å². The lowest BCUT2D eigenvalue weighted by Crippen LogP contribution is -2.59. The molecular formula is C15H26N2O5. The van der Waals surface area contributed by atoms with Gasteiger partial charge in [0.25, 0.3) is 0 Å². The van der Waals surface area contributed by atoms with Crippen LogP contribution in [0.15, 0.2) is 0 Å². The summed E-state index contributed by atoms with van der Waals surface area (Å²) in [5.74, 6) is -1.11. The molecule has 7 nitrogen and oxygen atoms in total. The van der Waals surface area contributed by atoms with E-state index in [-0.39, 0.29) is 31.6 Å². The summed E-state index contributed by atoms with van der Waals surface area (Å²) in [5.41, 5.74) is -0.638. The normalized spacial score (nSPS) is 19.5. The maximum atomic E-state index is 12.3. The SMILES string of the molecule is CC(C)C[C@@H]1CN(CC(=O)O)C(=O)CN1C(=O)OC(C)(C)C. The fourth-order valence-corrected chi connectivity index (χ4v) is 2.43. The highest BCUT2D eigenvalue weighted by atomic mass is 16.6. The average molecular weight is 314 g/mol. The maximum Gasteiger partial charge on any atom is 0.411 e. The minimum Gasteiger partial charge on any atom is -0.480 e. The van der Waals surface area contributed by atoms with Crippen molar-refractivity contribution in [1.82, 2.24) is 9.80 Å². The van der Waals surface area contributed by atoms with Gasteiger partial charge in [0.1, 0.15) is 18.7 Å². The van der Waals surface area contributed by atoms with Crippen molar-refractivity contribution in [2.75, 3.05) is 19.6 Å². The number of nitrogens with zero attached hydrogens (tertiary/aromatic N) is 2. The number of hydrogen-bond acceptors (Lipinski definition) is 4. The Bertz CT molecular complexity index is 442. The molecule has 1 aliphatic heterocycles. The van der Waals surface area contributed by atoms with Gasteiger partial charge in [-0.15, -0.1) is 0 Å². The molecule has 0 aromatic heterocycles. The molecule has 0 aromatic rings. The molecule has 1 aliphatic rings. The number of piperazine rings is 1. The van der Waals surface area contributed by atoms with Crippen LogP contribution in [0.25, 0.3) is 0 Å². The molecule has 1 heterocycles. The molecule has 1 saturated heterocycles. The summed E-state index contributed by atoms with van der Waals surface area (Å²) in [6.45, 7) is 9.09. The van der Waals surface area contributed by atoms with Crippen LogP contribution in [-0.4, -0.2) is 64.2 Å². The summed E-state index contributed by atoms with van der Waals surface area (Å²) in [6.07, 6.45) is 0.157. The van der Waals surface area contributed by atoms with Gasteiger partial charge in [0, 0.05) is 6.54 Å². The summed E-state index contributed by atoms with van der Waals surface area (Å²) < 4.78 is 5.35. The van der Waals surface area contributed by atoms with E-state index < -0.39 is 17.7 Å². The Kier molecular flexibility index (Phi) is 5.79. The highest BCUT2D eigenvalue weighted by Crippen LogP contribution is 2.21. The van der Waals surface area contributed by atoms with E-state index >= 15 is 0 Å². The summed E-state index contributed by atoms with van der Waals surface area (Å²) >= 11 is 0. The van der Waals surface area contributed by atoms with E-state index in [0.717, 1.165) is 0 Å². The number of carboxylic acid groups (broad SMARTS) is 1. The van der Waals surface area contributed by atoms with E-state index in [4.69, 9.17) is 9.84 Å². The van der Waals surface area contributed by atoms with Crippen molar-refractivity contribution in [3.63, 3.8) is 0 Å². The highest BCUT2D eigenvalue weighted by Gasteiger charge is 2.37. The van der Waals surface area contributed by atoms with Gasteiger partial charge in [0.15, 0.2) is 0 Å².